The molecule has 2 rings (SSSR count). The van der Waals surface area contributed by atoms with Gasteiger partial charge >= 0.3 is 0 Å². The van der Waals surface area contributed by atoms with Gasteiger partial charge in [0.15, 0.2) is 0 Å². The number of benzene rings is 1. The van der Waals surface area contributed by atoms with E-state index in [4.69, 9.17) is 5.73 Å². The Balaban J connectivity index is 2.21. The molecule has 0 fully saturated rings. The summed E-state index contributed by atoms with van der Waals surface area (Å²) in [6.07, 6.45) is 0.888. The molecule has 0 spiro atoms. The largest absolute Gasteiger partial charge is 0.368 e. The van der Waals surface area contributed by atoms with Crippen LogP contribution in [0.2, 0.25) is 0 Å². The molecule has 0 saturated heterocycles. The maximum atomic E-state index is 12.2. The number of nitrogens with one attached hydrogen (secondary N) is 1. The Bertz CT molecular complexity index is 487. The minimum absolute atomic E-state index is 0.0346. The smallest absolute Gasteiger partial charge is 0.240 e. The molecule has 0 bridgehead atoms. The van der Waals surface area contributed by atoms with Gasteiger partial charge in [0.1, 0.15) is 6.04 Å². The number of nitrogens with zero attached hydrogens (tertiary/aromatic N) is 1. The molecule has 102 valence electrons. The average molecular weight is 261 g/mol. The number of rotatable bonds is 4. The topological polar surface area (TPSA) is 75.4 Å². The van der Waals surface area contributed by atoms with Gasteiger partial charge in [0.25, 0.3) is 0 Å². The van der Waals surface area contributed by atoms with Crippen molar-refractivity contribution in [1.29, 1.82) is 0 Å². The van der Waals surface area contributed by atoms with Gasteiger partial charge in [-0.3, -0.25) is 9.59 Å². The molecule has 0 radical (unpaired) electrons. The molecule has 1 aromatic carbocycles. The molecule has 19 heavy (non-hydrogen) atoms. The summed E-state index contributed by atoms with van der Waals surface area (Å²) in [5, 5.41) is 2.94. The monoisotopic (exact) mass is 261 g/mol. The van der Waals surface area contributed by atoms with Crippen molar-refractivity contribution in [3.63, 3.8) is 0 Å². The summed E-state index contributed by atoms with van der Waals surface area (Å²) in [7, 11) is 1.80. The van der Waals surface area contributed by atoms with Gasteiger partial charge in [-0.2, -0.15) is 0 Å². The van der Waals surface area contributed by atoms with Gasteiger partial charge in [-0.15, -0.1) is 0 Å². The number of hydrogen-bond acceptors (Lipinski definition) is 3. The fourth-order valence-electron chi connectivity index (χ4n) is 2.41. The normalized spacial score (nSPS) is 17.9. The first-order valence-electron chi connectivity index (χ1n) is 6.43. The Morgan fingerprint density at radius 1 is 1.37 bits per heavy atom. The molecule has 5 heteroatoms. The minimum Gasteiger partial charge on any atom is -0.368 e. The van der Waals surface area contributed by atoms with Gasteiger partial charge in [0.2, 0.25) is 11.8 Å². The number of hydrogen-bond donors (Lipinski definition) is 2. The van der Waals surface area contributed by atoms with Crippen LogP contribution in [0.25, 0.3) is 0 Å². The lowest BCUT2D eigenvalue weighted by atomic mass is 9.93. The van der Waals surface area contributed by atoms with Crippen LogP contribution in [0.5, 0.6) is 0 Å². The van der Waals surface area contributed by atoms with E-state index in [-0.39, 0.29) is 5.91 Å². The predicted octanol–water partition coefficient (Wildman–Crippen LogP) is 0.0347. The first kappa shape index (κ1) is 13.5. The highest BCUT2D eigenvalue weighted by Gasteiger charge is 2.32. The second-order valence-electron chi connectivity index (χ2n) is 4.77. The first-order valence-corrected chi connectivity index (χ1v) is 6.43. The zero-order valence-corrected chi connectivity index (χ0v) is 11.1. The number of nitrogens with two attached hydrogens (primary N) is 1. The van der Waals surface area contributed by atoms with Gasteiger partial charge in [0, 0.05) is 25.9 Å². The molecule has 1 aliphatic rings. The third-order valence-corrected chi connectivity index (χ3v) is 3.49. The SMILES string of the molecule is CNCCC(=O)N1Cc2ccccc2C[C@H]1C(N)=O. The van der Waals surface area contributed by atoms with E-state index in [9.17, 15) is 9.59 Å². The molecule has 1 heterocycles. The fraction of sp³-hybridized carbons (Fsp3) is 0.429. The van der Waals surface area contributed by atoms with Crippen molar-refractivity contribution in [2.75, 3.05) is 13.6 Å². The standard InChI is InChI=1S/C14H19N3O2/c1-16-7-6-13(18)17-9-11-5-3-2-4-10(11)8-12(17)14(15)19/h2-5,12,16H,6-9H2,1H3,(H2,15,19)/t12-/m0/s1. The maximum Gasteiger partial charge on any atom is 0.240 e. The molecular formula is C14H19N3O2. The molecule has 1 aliphatic heterocycles. The lowest BCUT2D eigenvalue weighted by Gasteiger charge is -2.35. The van der Waals surface area contributed by atoms with Crippen molar-refractivity contribution in [3.05, 3.63) is 35.4 Å². The summed E-state index contributed by atoms with van der Waals surface area (Å²) in [5.41, 5.74) is 7.63. The molecule has 0 aromatic heterocycles. The highest BCUT2D eigenvalue weighted by molar-refractivity contribution is 5.87. The van der Waals surface area contributed by atoms with E-state index in [1.165, 1.54) is 0 Å². The van der Waals surface area contributed by atoms with E-state index in [1.54, 1.807) is 11.9 Å². The van der Waals surface area contributed by atoms with Crippen LogP contribution in [-0.2, 0) is 22.6 Å². The molecule has 0 saturated carbocycles. The van der Waals surface area contributed by atoms with Gasteiger partial charge in [-0.25, -0.2) is 0 Å². The zero-order chi connectivity index (χ0) is 13.8. The van der Waals surface area contributed by atoms with E-state index in [0.717, 1.165) is 11.1 Å². The molecule has 5 nitrogen and oxygen atoms in total. The van der Waals surface area contributed by atoms with Crippen LogP contribution in [0.1, 0.15) is 17.5 Å². The Hall–Kier alpha value is -1.88. The second-order valence-corrected chi connectivity index (χ2v) is 4.77. The Labute approximate surface area is 112 Å². The molecule has 2 amide bonds. The van der Waals surface area contributed by atoms with Crippen LogP contribution in [0.3, 0.4) is 0 Å². The summed E-state index contributed by atoms with van der Waals surface area (Å²) in [4.78, 5) is 25.3. The fourth-order valence-corrected chi connectivity index (χ4v) is 2.41. The van der Waals surface area contributed by atoms with Crippen LogP contribution in [0.15, 0.2) is 24.3 Å². The van der Waals surface area contributed by atoms with Crippen LogP contribution in [0.4, 0.5) is 0 Å². The van der Waals surface area contributed by atoms with Crippen molar-refractivity contribution in [2.45, 2.75) is 25.4 Å². The maximum absolute atomic E-state index is 12.2. The first-order chi connectivity index (χ1) is 9.13. The van der Waals surface area contributed by atoms with Crippen LogP contribution in [-0.4, -0.2) is 36.3 Å². The summed E-state index contributed by atoms with van der Waals surface area (Å²) in [6, 6.07) is 7.33. The van der Waals surface area contributed by atoms with E-state index in [1.807, 2.05) is 24.3 Å². The highest BCUT2D eigenvalue weighted by Crippen LogP contribution is 2.23. The van der Waals surface area contributed by atoms with E-state index in [0.29, 0.717) is 25.9 Å². The van der Waals surface area contributed by atoms with E-state index >= 15 is 0 Å². The number of fused-ring (bicyclic) bond motifs is 1. The number of carbonyl (C=O) groups excluding carboxylic acids is 2. The van der Waals surface area contributed by atoms with E-state index < -0.39 is 11.9 Å². The van der Waals surface area contributed by atoms with Gasteiger partial charge in [-0.1, -0.05) is 24.3 Å². The summed E-state index contributed by atoms with van der Waals surface area (Å²) < 4.78 is 0. The molecule has 1 aromatic rings. The molecule has 3 N–H and O–H groups in total. The van der Waals surface area contributed by atoms with Crippen molar-refractivity contribution in [3.8, 4) is 0 Å². The quantitative estimate of drug-likeness (QED) is 0.803. The van der Waals surface area contributed by atoms with Crippen molar-refractivity contribution < 1.29 is 9.59 Å². The zero-order valence-electron chi connectivity index (χ0n) is 11.1. The summed E-state index contributed by atoms with van der Waals surface area (Å²) in [6.45, 7) is 1.06. The van der Waals surface area contributed by atoms with Crippen molar-refractivity contribution in [2.24, 2.45) is 5.73 Å². The number of carbonyl (C=O) groups is 2. The Morgan fingerprint density at radius 2 is 2.05 bits per heavy atom. The van der Waals surface area contributed by atoms with Crippen LogP contribution >= 0.6 is 0 Å². The molecular weight excluding hydrogens is 242 g/mol. The van der Waals surface area contributed by atoms with Gasteiger partial charge < -0.3 is 16.0 Å². The van der Waals surface area contributed by atoms with Crippen molar-refractivity contribution in [1.82, 2.24) is 10.2 Å². The second kappa shape index (κ2) is 5.84. The van der Waals surface area contributed by atoms with E-state index in [2.05, 4.69) is 5.32 Å². The number of primary amides is 1. The number of amides is 2. The highest BCUT2D eigenvalue weighted by atomic mass is 16.2. The third-order valence-electron chi connectivity index (χ3n) is 3.49. The molecule has 0 unspecified atom stereocenters. The van der Waals surface area contributed by atoms with Gasteiger partial charge in [0.05, 0.1) is 0 Å². The lowest BCUT2D eigenvalue weighted by molar-refractivity contribution is -0.140. The predicted molar refractivity (Wildman–Crippen MR) is 72.2 cm³/mol. The molecule has 1 atom stereocenters. The summed E-state index contributed by atoms with van der Waals surface area (Å²) in [5.74, 6) is -0.472. The van der Waals surface area contributed by atoms with Crippen LogP contribution < -0.4 is 11.1 Å². The van der Waals surface area contributed by atoms with Gasteiger partial charge in [-0.05, 0) is 18.2 Å². The lowest BCUT2D eigenvalue weighted by Crippen LogP contribution is -2.51. The van der Waals surface area contributed by atoms with Crippen LogP contribution in [0, 0.1) is 0 Å². The Morgan fingerprint density at radius 3 is 2.68 bits per heavy atom. The average Bonchev–Trinajstić information content (AvgIpc) is 2.43. The third kappa shape index (κ3) is 2.93. The Kier molecular flexibility index (Phi) is 4.16. The van der Waals surface area contributed by atoms with Crippen molar-refractivity contribution >= 4 is 11.8 Å². The summed E-state index contributed by atoms with van der Waals surface area (Å²) >= 11 is 0. The molecule has 0 aliphatic carbocycles. The minimum atomic E-state index is -0.528.